The standard InChI is InChI=1S/C19H19NO2/c1-14-8-10-15(11-9-14)17-12-13-19(20-17,18(21)22-2)16-6-4-3-5-7-16/h3-11H,12-13H2,1-2H3. The quantitative estimate of drug-likeness (QED) is 0.810. The summed E-state index contributed by atoms with van der Waals surface area (Å²) in [6.07, 6.45) is 1.42. The van der Waals surface area contributed by atoms with Gasteiger partial charge in [-0.3, -0.25) is 4.99 Å². The van der Waals surface area contributed by atoms with Gasteiger partial charge >= 0.3 is 5.97 Å². The summed E-state index contributed by atoms with van der Waals surface area (Å²) in [4.78, 5) is 17.2. The van der Waals surface area contributed by atoms with E-state index in [9.17, 15) is 4.79 Å². The van der Waals surface area contributed by atoms with Crippen LogP contribution in [0.2, 0.25) is 0 Å². The Hall–Kier alpha value is -2.42. The molecule has 0 aromatic heterocycles. The van der Waals surface area contributed by atoms with E-state index in [1.807, 2.05) is 30.3 Å². The average Bonchev–Trinajstić information content (AvgIpc) is 3.02. The van der Waals surface area contributed by atoms with Gasteiger partial charge in [-0.2, -0.15) is 0 Å². The van der Waals surface area contributed by atoms with Crippen LogP contribution in [0.5, 0.6) is 0 Å². The van der Waals surface area contributed by atoms with Crippen LogP contribution in [0.1, 0.15) is 29.5 Å². The number of esters is 1. The number of hydrogen-bond acceptors (Lipinski definition) is 3. The van der Waals surface area contributed by atoms with Crippen molar-refractivity contribution in [1.29, 1.82) is 0 Å². The van der Waals surface area contributed by atoms with E-state index in [1.165, 1.54) is 12.7 Å². The van der Waals surface area contributed by atoms with Crippen LogP contribution in [0.4, 0.5) is 0 Å². The predicted molar refractivity (Wildman–Crippen MR) is 87.1 cm³/mol. The number of hydrogen-bond donors (Lipinski definition) is 0. The number of benzene rings is 2. The van der Waals surface area contributed by atoms with Gasteiger partial charge < -0.3 is 4.74 Å². The maximum atomic E-state index is 12.4. The highest BCUT2D eigenvalue weighted by Crippen LogP contribution is 2.38. The summed E-state index contributed by atoms with van der Waals surface area (Å²) < 4.78 is 5.05. The number of nitrogens with zero attached hydrogens (tertiary/aromatic N) is 1. The second-order valence-electron chi connectivity index (χ2n) is 5.64. The molecule has 2 aromatic carbocycles. The summed E-state index contributed by atoms with van der Waals surface area (Å²) in [5, 5.41) is 0. The molecule has 0 amide bonds. The zero-order valence-electron chi connectivity index (χ0n) is 12.9. The van der Waals surface area contributed by atoms with E-state index in [0.717, 1.165) is 23.3 Å². The molecule has 0 N–H and O–H groups in total. The van der Waals surface area contributed by atoms with E-state index in [2.05, 4.69) is 31.2 Å². The van der Waals surface area contributed by atoms with Crippen molar-refractivity contribution in [2.75, 3.05) is 7.11 Å². The molecule has 22 heavy (non-hydrogen) atoms. The minimum atomic E-state index is -0.907. The fraction of sp³-hybridized carbons (Fsp3) is 0.263. The van der Waals surface area contributed by atoms with Crippen LogP contribution in [0.25, 0.3) is 0 Å². The third-order valence-corrected chi connectivity index (χ3v) is 4.21. The van der Waals surface area contributed by atoms with Crippen LogP contribution in [-0.4, -0.2) is 18.8 Å². The highest BCUT2D eigenvalue weighted by molar-refractivity contribution is 6.05. The molecule has 1 aliphatic rings. The Labute approximate surface area is 130 Å². The van der Waals surface area contributed by atoms with E-state index >= 15 is 0 Å². The van der Waals surface area contributed by atoms with E-state index in [0.29, 0.717) is 6.42 Å². The monoisotopic (exact) mass is 293 g/mol. The molecular formula is C19H19NO2. The van der Waals surface area contributed by atoms with Crippen LogP contribution in [0.3, 0.4) is 0 Å². The molecule has 112 valence electrons. The van der Waals surface area contributed by atoms with Gasteiger partial charge in [0.05, 0.1) is 7.11 Å². The Bertz CT molecular complexity index is 704. The Morgan fingerprint density at radius 3 is 2.41 bits per heavy atom. The van der Waals surface area contributed by atoms with Gasteiger partial charge in [0.1, 0.15) is 0 Å². The summed E-state index contributed by atoms with van der Waals surface area (Å²) >= 11 is 0. The van der Waals surface area contributed by atoms with Crippen LogP contribution in [-0.2, 0) is 15.1 Å². The van der Waals surface area contributed by atoms with Gasteiger partial charge in [0.25, 0.3) is 0 Å². The van der Waals surface area contributed by atoms with Crippen molar-refractivity contribution < 1.29 is 9.53 Å². The zero-order chi connectivity index (χ0) is 15.6. The fourth-order valence-electron chi connectivity index (χ4n) is 2.95. The zero-order valence-corrected chi connectivity index (χ0v) is 12.9. The molecule has 1 unspecified atom stereocenters. The second kappa shape index (κ2) is 5.76. The summed E-state index contributed by atoms with van der Waals surface area (Å²) in [5.74, 6) is -0.291. The molecule has 0 saturated carbocycles. The summed E-state index contributed by atoms with van der Waals surface area (Å²) in [6, 6.07) is 17.9. The lowest BCUT2D eigenvalue weighted by Gasteiger charge is -2.23. The van der Waals surface area contributed by atoms with Crippen molar-refractivity contribution in [3.8, 4) is 0 Å². The third kappa shape index (κ3) is 2.43. The SMILES string of the molecule is COC(=O)C1(c2ccccc2)CCC(c2ccc(C)cc2)=N1. The summed E-state index contributed by atoms with van der Waals surface area (Å²) in [5.41, 5.74) is 3.24. The Kier molecular flexibility index (Phi) is 3.80. The molecule has 2 aromatic rings. The van der Waals surface area contributed by atoms with Gasteiger partial charge in [-0.15, -0.1) is 0 Å². The lowest BCUT2D eigenvalue weighted by Crippen LogP contribution is -2.32. The van der Waals surface area contributed by atoms with Gasteiger partial charge in [0.2, 0.25) is 0 Å². The normalized spacial score (nSPS) is 20.5. The largest absolute Gasteiger partial charge is 0.467 e. The van der Waals surface area contributed by atoms with Crippen molar-refractivity contribution in [1.82, 2.24) is 0 Å². The second-order valence-corrected chi connectivity index (χ2v) is 5.64. The first-order valence-corrected chi connectivity index (χ1v) is 7.45. The molecule has 0 aliphatic carbocycles. The highest BCUT2D eigenvalue weighted by atomic mass is 16.5. The Morgan fingerprint density at radius 2 is 1.77 bits per heavy atom. The molecule has 0 radical (unpaired) electrons. The van der Waals surface area contributed by atoms with Crippen molar-refractivity contribution in [3.05, 3.63) is 71.3 Å². The molecule has 0 saturated heterocycles. The third-order valence-electron chi connectivity index (χ3n) is 4.21. The first-order valence-electron chi connectivity index (χ1n) is 7.45. The minimum Gasteiger partial charge on any atom is -0.467 e. The summed E-state index contributed by atoms with van der Waals surface area (Å²) in [6.45, 7) is 2.06. The number of aliphatic imine (C=N–C) groups is 1. The van der Waals surface area contributed by atoms with Crippen molar-refractivity contribution >= 4 is 11.7 Å². The number of ether oxygens (including phenoxy) is 1. The van der Waals surface area contributed by atoms with E-state index < -0.39 is 5.54 Å². The molecule has 0 spiro atoms. The van der Waals surface area contributed by atoms with Crippen molar-refractivity contribution in [2.24, 2.45) is 4.99 Å². The van der Waals surface area contributed by atoms with Gasteiger partial charge in [0.15, 0.2) is 5.54 Å². The highest BCUT2D eigenvalue weighted by Gasteiger charge is 2.45. The van der Waals surface area contributed by atoms with E-state index in [4.69, 9.17) is 9.73 Å². The lowest BCUT2D eigenvalue weighted by atomic mass is 9.88. The number of carbonyl (C=O) groups is 1. The molecule has 1 aliphatic heterocycles. The fourth-order valence-corrected chi connectivity index (χ4v) is 2.95. The molecule has 3 rings (SSSR count). The first-order chi connectivity index (χ1) is 10.7. The molecule has 3 heteroatoms. The Morgan fingerprint density at radius 1 is 1.09 bits per heavy atom. The van der Waals surface area contributed by atoms with Gasteiger partial charge in [-0.1, -0.05) is 60.2 Å². The van der Waals surface area contributed by atoms with Crippen LogP contribution in [0, 0.1) is 6.92 Å². The predicted octanol–water partition coefficient (Wildman–Crippen LogP) is 3.65. The lowest BCUT2D eigenvalue weighted by molar-refractivity contribution is -0.147. The Balaban J connectivity index is 2.06. The number of methoxy groups -OCH3 is 1. The molecule has 3 nitrogen and oxygen atoms in total. The van der Waals surface area contributed by atoms with E-state index in [-0.39, 0.29) is 5.97 Å². The first kappa shape index (κ1) is 14.5. The van der Waals surface area contributed by atoms with Crippen LogP contribution in [0.15, 0.2) is 59.6 Å². The molecule has 0 bridgehead atoms. The molecule has 1 heterocycles. The number of carbonyl (C=O) groups excluding carboxylic acids is 1. The van der Waals surface area contributed by atoms with Crippen LogP contribution >= 0.6 is 0 Å². The minimum absolute atomic E-state index is 0.291. The number of aryl methyl sites for hydroxylation is 1. The van der Waals surface area contributed by atoms with Gasteiger partial charge in [-0.05, 0) is 30.9 Å². The maximum Gasteiger partial charge on any atom is 0.338 e. The van der Waals surface area contributed by atoms with Gasteiger partial charge in [-0.25, -0.2) is 4.79 Å². The average molecular weight is 293 g/mol. The smallest absolute Gasteiger partial charge is 0.338 e. The molecule has 1 atom stereocenters. The topological polar surface area (TPSA) is 38.7 Å². The molecule has 0 fully saturated rings. The number of rotatable bonds is 3. The van der Waals surface area contributed by atoms with E-state index in [1.54, 1.807) is 0 Å². The van der Waals surface area contributed by atoms with Crippen LogP contribution < -0.4 is 0 Å². The summed E-state index contributed by atoms with van der Waals surface area (Å²) in [7, 11) is 1.42. The van der Waals surface area contributed by atoms with Crippen molar-refractivity contribution in [3.63, 3.8) is 0 Å². The van der Waals surface area contributed by atoms with Crippen molar-refractivity contribution in [2.45, 2.75) is 25.3 Å². The maximum absolute atomic E-state index is 12.4. The molecular weight excluding hydrogens is 274 g/mol. The van der Waals surface area contributed by atoms with Gasteiger partial charge in [0, 0.05) is 5.71 Å².